The van der Waals surface area contributed by atoms with Gasteiger partial charge in [-0.05, 0) is 201 Å². The average Bonchev–Trinajstić information content (AvgIpc) is 1.61. The number of nitrogens with zero attached hydrogens (tertiary/aromatic N) is 16. The summed E-state index contributed by atoms with van der Waals surface area (Å²) in [5.74, 6) is 3.52. The molecule has 0 bridgehead atoms. The summed E-state index contributed by atoms with van der Waals surface area (Å²) in [6.07, 6.45) is -2.28. The highest BCUT2D eigenvalue weighted by molar-refractivity contribution is 7.92. The molecule has 4 N–H and O–H groups in total. The Bertz CT molecular complexity index is 6670. The first-order chi connectivity index (χ1) is 68.6. The third kappa shape index (κ3) is 23.5. The van der Waals surface area contributed by atoms with Gasteiger partial charge in [-0.25, -0.2) is 51.2 Å². The number of aromatic nitrogens is 16. The fraction of sp³-hybridized carbons (Fsp3) is 0.292. The molecule has 16 rings (SSSR count). The van der Waals surface area contributed by atoms with E-state index in [0.717, 1.165) is 49.1 Å². The highest BCUT2D eigenvalue weighted by atomic mass is 32.2. The maximum atomic E-state index is 13.4. The summed E-state index contributed by atoms with van der Waals surface area (Å²) in [6, 6.07) is 43.6. The van der Waals surface area contributed by atoms with Crippen LogP contribution >= 0.6 is 0 Å². The molecule has 0 fully saturated rings. The van der Waals surface area contributed by atoms with Crippen molar-refractivity contribution in [2.75, 3.05) is 56.9 Å². The number of halogens is 4. The van der Waals surface area contributed by atoms with Crippen LogP contribution in [0.3, 0.4) is 0 Å². The second-order valence-corrected chi connectivity index (χ2v) is 41.7. The van der Waals surface area contributed by atoms with Gasteiger partial charge in [-0.1, -0.05) is 24.3 Å². The predicted octanol–water partition coefficient (Wildman–Crippen LogP) is 13.7. The molecule has 760 valence electrons. The van der Waals surface area contributed by atoms with Crippen molar-refractivity contribution in [3.05, 3.63) is 287 Å². The number of sulfone groups is 4. The molecule has 144 heavy (non-hydrogen) atoms. The average molecular weight is 2070 g/mol. The number of aryl methyl sites for hydroxylation is 4. The smallest absolute Gasteiger partial charge is 0.204 e. The summed E-state index contributed by atoms with van der Waals surface area (Å²) in [5, 5.41) is 71.0. The van der Waals surface area contributed by atoms with Gasteiger partial charge in [-0.2, -0.15) is 0 Å². The van der Waals surface area contributed by atoms with Gasteiger partial charge in [-0.15, -0.1) is 40.8 Å². The first kappa shape index (κ1) is 106. The number of hydrogen-bond acceptors (Lipinski definition) is 36. The summed E-state index contributed by atoms with van der Waals surface area (Å²) in [7, 11) is -4.29. The Hall–Kier alpha value is -15.1. The number of aliphatic hydroxyl groups excluding tert-OH is 4. The number of aliphatic hydroxyl groups is 4. The van der Waals surface area contributed by atoms with Gasteiger partial charge in [0.15, 0.2) is 85.7 Å². The number of benzene rings is 4. The summed E-state index contributed by atoms with van der Waals surface area (Å²) < 4.78 is 233. The van der Waals surface area contributed by atoms with E-state index in [1.807, 2.05) is 0 Å². The molecule has 8 atom stereocenters. The second-order valence-electron chi connectivity index (χ2n) is 32.2. The van der Waals surface area contributed by atoms with Gasteiger partial charge in [-0.3, -0.25) is 38.2 Å². The Kier molecular flexibility index (Phi) is 33.5. The van der Waals surface area contributed by atoms with Crippen LogP contribution in [-0.2, 0) is 62.4 Å². The maximum Gasteiger partial charge on any atom is 0.204 e. The zero-order valence-electron chi connectivity index (χ0n) is 80.2. The van der Waals surface area contributed by atoms with E-state index in [-0.39, 0.29) is 69.4 Å². The lowest BCUT2D eigenvalue weighted by Crippen LogP contribution is -2.28. The number of ether oxygens (including phenoxy) is 8. The molecule has 0 unspecified atom stereocenters. The number of hydrogen-bond donors (Lipinski definition) is 4. The lowest BCUT2D eigenvalue weighted by Gasteiger charge is -2.20. The van der Waals surface area contributed by atoms with Crippen LogP contribution in [0.4, 0.5) is 17.6 Å². The summed E-state index contributed by atoms with van der Waals surface area (Å²) in [5.41, 5.74) is 1.67. The van der Waals surface area contributed by atoms with E-state index < -0.39 is 131 Å². The molecule has 48 heteroatoms. The van der Waals surface area contributed by atoms with Crippen molar-refractivity contribution >= 4 is 39.3 Å². The quantitative estimate of drug-likeness (QED) is 0.0265. The van der Waals surface area contributed by atoms with Crippen LogP contribution in [0.5, 0.6) is 46.0 Å². The zero-order valence-corrected chi connectivity index (χ0v) is 83.4. The van der Waals surface area contributed by atoms with Crippen molar-refractivity contribution in [1.29, 1.82) is 0 Å². The van der Waals surface area contributed by atoms with Crippen molar-refractivity contribution < 1.29 is 127 Å². The molecular formula is C96H100F4N16O24S4. The summed E-state index contributed by atoms with van der Waals surface area (Å²) in [6.45, 7) is 12.5. The van der Waals surface area contributed by atoms with Crippen LogP contribution in [0.25, 0.3) is 69.1 Å². The van der Waals surface area contributed by atoms with Crippen molar-refractivity contribution in [3.8, 4) is 115 Å². The van der Waals surface area contributed by atoms with Gasteiger partial charge in [0.25, 0.3) is 0 Å². The van der Waals surface area contributed by atoms with Gasteiger partial charge in [0.2, 0.25) is 23.3 Å². The topological polar surface area (TPSA) is 518 Å². The molecular weight excluding hydrogens is 1970 g/mol. The minimum absolute atomic E-state index is 0.0343. The van der Waals surface area contributed by atoms with E-state index in [0.29, 0.717) is 115 Å². The van der Waals surface area contributed by atoms with E-state index in [2.05, 4.69) is 60.7 Å². The van der Waals surface area contributed by atoms with Crippen LogP contribution in [0, 0.1) is 51.0 Å². The van der Waals surface area contributed by atoms with Crippen LogP contribution in [-0.4, -0.2) is 211 Å². The van der Waals surface area contributed by atoms with Crippen LogP contribution in [0.15, 0.2) is 212 Å². The molecule has 16 aromatic rings. The van der Waals surface area contributed by atoms with E-state index in [9.17, 15) is 71.7 Å². The third-order valence-corrected chi connectivity index (χ3v) is 31.0. The Labute approximate surface area is 823 Å². The van der Waals surface area contributed by atoms with Crippen molar-refractivity contribution in [2.45, 2.75) is 124 Å². The molecule has 0 spiro atoms. The summed E-state index contributed by atoms with van der Waals surface area (Å²) >= 11 is 0. The zero-order chi connectivity index (χ0) is 104. The first-order valence-corrected chi connectivity index (χ1v) is 50.4. The number of rotatable bonds is 36. The molecule has 40 nitrogen and oxygen atoms in total. The molecule has 0 aliphatic heterocycles. The highest BCUT2D eigenvalue weighted by Crippen LogP contribution is 2.44. The largest absolute Gasteiger partial charge is 0.494 e. The second kappa shape index (κ2) is 45.5. The highest BCUT2D eigenvalue weighted by Gasteiger charge is 2.40. The van der Waals surface area contributed by atoms with Gasteiger partial charge in [0, 0.05) is 0 Å². The van der Waals surface area contributed by atoms with Gasteiger partial charge in [0.05, 0.1) is 125 Å². The van der Waals surface area contributed by atoms with Crippen molar-refractivity contribution in [2.24, 2.45) is 0 Å². The number of para-hydroxylation sites is 4. The number of pyridine rings is 4. The monoisotopic (exact) mass is 2060 g/mol. The van der Waals surface area contributed by atoms with E-state index in [1.165, 1.54) is 127 Å². The Balaban J connectivity index is 0.000000161. The standard InChI is InChI=1S/4C24H25FN4O6S/c4*1-14-8-11-20(35-14)24-28-27-21(29(24)22-18(33-3)6-5-7-19(22)34-4)13-36(31,32)15(2)23(30)17-10-9-16(25)12-26-17/h4*5-12,15,23,30H,13H2,1-4H3/t2*15-,23+;2*15-,23-/m1010/s1. The van der Waals surface area contributed by atoms with Crippen LogP contribution in [0.1, 0.15) is 121 Å². The fourth-order valence-electron chi connectivity index (χ4n) is 14.9. The maximum absolute atomic E-state index is 13.4. The Morgan fingerprint density at radius 1 is 0.271 bits per heavy atom. The number of methoxy groups -OCH3 is 8. The van der Waals surface area contributed by atoms with Crippen molar-refractivity contribution in [3.63, 3.8) is 0 Å². The molecule has 0 aliphatic carbocycles. The molecule has 12 aromatic heterocycles. The number of furan rings is 4. The van der Waals surface area contributed by atoms with Gasteiger partial charge < -0.3 is 76.0 Å². The molecule has 0 saturated heterocycles. The lowest BCUT2D eigenvalue weighted by molar-refractivity contribution is 0.170. The van der Waals surface area contributed by atoms with E-state index >= 15 is 0 Å². The van der Waals surface area contributed by atoms with Crippen LogP contribution in [0.2, 0.25) is 0 Å². The fourth-order valence-corrected chi connectivity index (χ4v) is 20.3. The minimum Gasteiger partial charge on any atom is -0.494 e. The van der Waals surface area contributed by atoms with Gasteiger partial charge >= 0.3 is 0 Å². The predicted molar refractivity (Wildman–Crippen MR) is 513 cm³/mol. The molecule has 0 amide bonds. The third-order valence-electron chi connectivity index (χ3n) is 22.8. The lowest BCUT2D eigenvalue weighted by atomic mass is 10.2. The summed E-state index contributed by atoms with van der Waals surface area (Å²) in [4.78, 5) is 15.2. The normalized spacial score (nSPS) is 13.4. The van der Waals surface area contributed by atoms with Crippen molar-refractivity contribution in [1.82, 2.24) is 79.0 Å². The van der Waals surface area contributed by atoms with Gasteiger partial charge in [0.1, 0.15) is 162 Å². The molecule has 12 heterocycles. The molecule has 4 aromatic carbocycles. The molecule has 0 radical (unpaired) electrons. The molecule has 0 saturated carbocycles. The SMILES string of the molecule is COc1cccc(OC)c1-n1c(CS(=O)(=O)[C@@H](C)[C@@H](O)c2ccc(F)cn2)nnc1-c1ccc(C)o1.COc1cccc(OC)c1-n1c(CS(=O)(=O)[C@@H](C)[C@H](O)c2ccc(F)cn2)nnc1-c1ccc(C)o1.COc1cccc(OC)c1-n1c(CS(=O)(=O)[C@H](C)[C@@H](O)c2ccc(F)cn2)nnc1-c1ccc(C)o1.COc1cccc(OC)c1-n1c(CS(=O)(=O)[C@H](C)[C@H](O)c2ccc(F)cn2)nnc1-c1ccc(C)o1. The van der Waals surface area contributed by atoms with E-state index in [1.54, 1.807) is 149 Å². The first-order valence-electron chi connectivity index (χ1n) is 43.6. The van der Waals surface area contributed by atoms with E-state index in [4.69, 9.17) is 55.6 Å². The minimum atomic E-state index is -4.02. The Morgan fingerprint density at radius 3 is 0.583 bits per heavy atom. The van der Waals surface area contributed by atoms with Crippen LogP contribution < -0.4 is 37.9 Å². The molecule has 0 aliphatic rings. The Morgan fingerprint density at radius 2 is 0.444 bits per heavy atom.